The zero-order valence-electron chi connectivity index (χ0n) is 18.9. The van der Waals surface area contributed by atoms with Crippen molar-refractivity contribution < 1.29 is 14.1 Å². The molecule has 3 saturated carbocycles. The third-order valence-corrected chi connectivity index (χ3v) is 7.92. The van der Waals surface area contributed by atoms with Crippen LogP contribution in [0.3, 0.4) is 0 Å². The van der Waals surface area contributed by atoms with Gasteiger partial charge in [0.1, 0.15) is 11.6 Å². The van der Waals surface area contributed by atoms with Crippen molar-refractivity contribution in [2.75, 3.05) is 11.1 Å². The van der Waals surface area contributed by atoms with Crippen LogP contribution in [-0.2, 0) is 15.7 Å². The van der Waals surface area contributed by atoms with Crippen molar-refractivity contribution in [3.8, 4) is 0 Å². The van der Waals surface area contributed by atoms with Gasteiger partial charge in [0.05, 0.1) is 17.6 Å². The second-order valence-electron chi connectivity index (χ2n) is 10.2. The molecule has 0 spiro atoms. The van der Waals surface area contributed by atoms with Crippen molar-refractivity contribution >= 4 is 24.8 Å². The van der Waals surface area contributed by atoms with Gasteiger partial charge in [0.15, 0.2) is 0 Å². The lowest BCUT2D eigenvalue weighted by molar-refractivity contribution is -0.199. The first-order chi connectivity index (χ1) is 15.3. The minimum absolute atomic E-state index is 0.0583. The maximum absolute atomic E-state index is 12.8. The second-order valence-corrected chi connectivity index (χ2v) is 10.2. The molecular weight excluding hydrogens is 403 g/mol. The van der Waals surface area contributed by atoms with E-state index < -0.39 is 7.12 Å². The average molecular weight is 434 g/mol. The molecule has 4 fully saturated rings. The number of carbonyl (C=O) groups excluding carboxylic acids is 1. The summed E-state index contributed by atoms with van der Waals surface area (Å²) in [6, 6.07) is 14.9. The molecule has 2 unspecified atom stereocenters. The van der Waals surface area contributed by atoms with Crippen LogP contribution in [0.1, 0.15) is 39.2 Å². The highest BCUT2D eigenvalue weighted by molar-refractivity contribution is 6.48. The Labute approximate surface area is 189 Å². The summed E-state index contributed by atoms with van der Waals surface area (Å²) in [5.74, 6) is 1.54. The van der Waals surface area contributed by atoms with Crippen LogP contribution in [0.4, 0.5) is 16.4 Å². The zero-order chi connectivity index (χ0) is 22.5. The van der Waals surface area contributed by atoms with Crippen molar-refractivity contribution in [3.63, 3.8) is 0 Å². The fourth-order valence-electron chi connectivity index (χ4n) is 6.00. The standard InChI is InChI=1S/C24H31BN4O3/c1-23(2)16-13-17(23)24(3)18(14-16)31-25(32-24)19(12-15-8-5-4-6-9-15)27-22(30)29-21-11-7-10-20(26)28-21/h4-11,16-19H,12-14H2,1-3H3,(H4,26,27,28,29,30)/t16-,17?,18+,19?,24-/m0/s1. The van der Waals surface area contributed by atoms with E-state index in [0.717, 1.165) is 12.0 Å². The molecule has 3 aliphatic carbocycles. The van der Waals surface area contributed by atoms with Gasteiger partial charge in [0.25, 0.3) is 0 Å². The van der Waals surface area contributed by atoms with Gasteiger partial charge >= 0.3 is 13.1 Å². The molecule has 1 aromatic carbocycles. The number of benzene rings is 1. The lowest BCUT2D eigenvalue weighted by Gasteiger charge is -2.64. The molecule has 168 valence electrons. The number of nitrogens with one attached hydrogen (secondary N) is 2. The van der Waals surface area contributed by atoms with E-state index in [2.05, 4.69) is 48.5 Å². The predicted octanol–water partition coefficient (Wildman–Crippen LogP) is 3.66. The van der Waals surface area contributed by atoms with Gasteiger partial charge in [-0.05, 0) is 61.1 Å². The minimum Gasteiger partial charge on any atom is -0.404 e. The van der Waals surface area contributed by atoms with Crippen LogP contribution < -0.4 is 16.4 Å². The summed E-state index contributed by atoms with van der Waals surface area (Å²) in [6.07, 6.45) is 2.86. The highest BCUT2D eigenvalue weighted by Gasteiger charge is 2.68. The molecular formula is C24H31BN4O3. The van der Waals surface area contributed by atoms with Crippen molar-refractivity contribution in [1.29, 1.82) is 0 Å². The molecule has 2 amide bonds. The molecule has 2 bridgehead atoms. The fraction of sp³-hybridized carbons (Fsp3) is 0.500. The summed E-state index contributed by atoms with van der Waals surface area (Å²) in [5, 5.41) is 5.84. The Morgan fingerprint density at radius 1 is 1.19 bits per heavy atom. The van der Waals surface area contributed by atoms with Crippen LogP contribution >= 0.6 is 0 Å². The fourth-order valence-corrected chi connectivity index (χ4v) is 6.00. The van der Waals surface area contributed by atoms with Crippen LogP contribution in [0.25, 0.3) is 0 Å². The van der Waals surface area contributed by atoms with Crippen molar-refractivity contribution in [1.82, 2.24) is 10.3 Å². The summed E-state index contributed by atoms with van der Waals surface area (Å²) in [4.78, 5) is 17.0. The first kappa shape index (κ1) is 21.3. The molecule has 8 heteroatoms. The number of amides is 2. The highest BCUT2D eigenvalue weighted by Crippen LogP contribution is 2.65. The number of nitrogen functional groups attached to an aromatic ring is 1. The largest absolute Gasteiger partial charge is 0.482 e. The molecule has 6 rings (SSSR count). The maximum Gasteiger partial charge on any atom is 0.482 e. The number of anilines is 2. The number of nitrogens with zero attached hydrogens (tertiary/aromatic N) is 1. The Kier molecular flexibility index (Phi) is 5.17. The quantitative estimate of drug-likeness (QED) is 0.624. The van der Waals surface area contributed by atoms with E-state index in [-0.39, 0.29) is 29.1 Å². The molecule has 5 atom stereocenters. The molecule has 2 heterocycles. The highest BCUT2D eigenvalue weighted by atomic mass is 16.7. The summed E-state index contributed by atoms with van der Waals surface area (Å²) in [7, 11) is -0.514. The van der Waals surface area contributed by atoms with E-state index in [1.807, 2.05) is 18.2 Å². The molecule has 32 heavy (non-hydrogen) atoms. The number of hydrogen-bond donors (Lipinski definition) is 3. The van der Waals surface area contributed by atoms with E-state index in [9.17, 15) is 4.79 Å². The van der Waals surface area contributed by atoms with Crippen molar-refractivity contribution in [3.05, 3.63) is 54.1 Å². The third kappa shape index (κ3) is 3.65. The Morgan fingerprint density at radius 3 is 2.69 bits per heavy atom. The van der Waals surface area contributed by atoms with Gasteiger partial charge < -0.3 is 20.4 Å². The van der Waals surface area contributed by atoms with Crippen molar-refractivity contribution in [2.24, 2.45) is 17.3 Å². The van der Waals surface area contributed by atoms with E-state index >= 15 is 0 Å². The number of aromatic nitrogens is 1. The third-order valence-electron chi connectivity index (χ3n) is 7.92. The number of nitrogens with two attached hydrogens (primary N) is 1. The van der Waals surface area contributed by atoms with E-state index in [4.69, 9.17) is 15.0 Å². The summed E-state index contributed by atoms with van der Waals surface area (Å²) in [6.45, 7) is 6.88. The lowest BCUT2D eigenvalue weighted by atomic mass is 9.43. The number of hydrogen-bond acceptors (Lipinski definition) is 5. The maximum atomic E-state index is 12.8. The molecule has 0 radical (unpaired) electrons. The van der Waals surface area contributed by atoms with E-state index in [1.165, 1.54) is 6.42 Å². The molecule has 1 aliphatic heterocycles. The van der Waals surface area contributed by atoms with Gasteiger partial charge in [0, 0.05) is 0 Å². The SMILES string of the molecule is CC1(C)C2C[C@H]1C[C@H]1OB(C(Cc3ccccc3)NC(=O)Nc3cccc(N)n3)O[C@@]21C. The van der Waals surface area contributed by atoms with Gasteiger partial charge in [-0.25, -0.2) is 9.78 Å². The zero-order valence-corrected chi connectivity index (χ0v) is 18.9. The first-order valence-electron chi connectivity index (χ1n) is 11.4. The predicted molar refractivity (Wildman–Crippen MR) is 125 cm³/mol. The van der Waals surface area contributed by atoms with Crippen LogP contribution in [0.15, 0.2) is 48.5 Å². The van der Waals surface area contributed by atoms with Crippen LogP contribution in [0, 0.1) is 17.3 Å². The Balaban J connectivity index is 1.34. The summed E-state index contributed by atoms with van der Waals surface area (Å²) in [5.41, 5.74) is 6.78. The van der Waals surface area contributed by atoms with Crippen molar-refractivity contribution in [2.45, 2.75) is 57.7 Å². The van der Waals surface area contributed by atoms with Gasteiger partial charge in [-0.2, -0.15) is 0 Å². The number of pyridine rings is 1. The van der Waals surface area contributed by atoms with E-state index in [0.29, 0.717) is 29.9 Å². The van der Waals surface area contributed by atoms with E-state index in [1.54, 1.807) is 18.2 Å². The minimum atomic E-state index is -0.514. The van der Waals surface area contributed by atoms with Crippen LogP contribution in [0.2, 0.25) is 0 Å². The molecule has 4 N–H and O–H groups in total. The lowest BCUT2D eigenvalue weighted by Crippen LogP contribution is -2.65. The van der Waals surface area contributed by atoms with Gasteiger partial charge in [-0.3, -0.25) is 5.32 Å². The monoisotopic (exact) mass is 434 g/mol. The Bertz CT molecular complexity index is 1000. The number of urea groups is 1. The smallest absolute Gasteiger partial charge is 0.404 e. The molecule has 7 nitrogen and oxygen atoms in total. The summed E-state index contributed by atoms with van der Waals surface area (Å²) < 4.78 is 13.1. The second kappa shape index (κ2) is 7.78. The Hall–Kier alpha value is -2.58. The average Bonchev–Trinajstić information content (AvgIpc) is 3.11. The van der Waals surface area contributed by atoms with Crippen LogP contribution in [0.5, 0.6) is 0 Å². The number of rotatable bonds is 5. The first-order valence-corrected chi connectivity index (χ1v) is 11.4. The van der Waals surface area contributed by atoms with Gasteiger partial charge in [-0.15, -0.1) is 0 Å². The normalized spacial score (nSPS) is 30.7. The summed E-state index contributed by atoms with van der Waals surface area (Å²) >= 11 is 0. The molecule has 1 aromatic heterocycles. The van der Waals surface area contributed by atoms with Crippen LogP contribution in [-0.4, -0.2) is 35.8 Å². The molecule has 4 aliphatic rings. The topological polar surface area (TPSA) is 98.5 Å². The van der Waals surface area contributed by atoms with Gasteiger partial charge in [0.2, 0.25) is 0 Å². The van der Waals surface area contributed by atoms with Gasteiger partial charge in [-0.1, -0.05) is 50.2 Å². The Morgan fingerprint density at radius 2 is 1.97 bits per heavy atom. The molecule has 2 aromatic rings. The number of carbonyl (C=O) groups is 1. The molecule has 1 saturated heterocycles.